The van der Waals surface area contributed by atoms with Gasteiger partial charge in [0, 0.05) is 16.1 Å². The van der Waals surface area contributed by atoms with Gasteiger partial charge in [0.2, 0.25) is 5.91 Å². The van der Waals surface area contributed by atoms with Crippen molar-refractivity contribution in [2.75, 3.05) is 0 Å². The fourth-order valence-corrected chi connectivity index (χ4v) is 2.84. The molecule has 2 aromatic heterocycles. The van der Waals surface area contributed by atoms with Crippen LogP contribution in [-0.2, 0) is 17.8 Å². The number of H-pyrrole nitrogens is 1. The Hall–Kier alpha value is -1.66. The van der Waals surface area contributed by atoms with Gasteiger partial charge in [0.1, 0.15) is 5.82 Å². The number of hydrogen-bond acceptors (Lipinski definition) is 4. The Morgan fingerprint density at radius 2 is 2.20 bits per heavy atom. The van der Waals surface area contributed by atoms with Gasteiger partial charge in [0.05, 0.1) is 17.3 Å². The molecular weight excluding hydrogens is 298 g/mol. The van der Waals surface area contributed by atoms with Crippen LogP contribution in [0.1, 0.15) is 22.0 Å². The Morgan fingerprint density at radius 3 is 2.80 bits per heavy atom. The van der Waals surface area contributed by atoms with Crippen LogP contribution in [0.3, 0.4) is 0 Å². The van der Waals surface area contributed by atoms with Crippen molar-refractivity contribution in [1.29, 1.82) is 0 Å². The molecule has 0 aliphatic carbocycles. The summed E-state index contributed by atoms with van der Waals surface area (Å²) < 4.78 is 0.685. The average Bonchev–Trinajstić information content (AvgIpc) is 2.77. The Kier molecular flexibility index (Phi) is 4.57. The molecule has 0 fully saturated rings. The number of nitrogens with zero attached hydrogens (tertiary/aromatic N) is 1. The molecule has 2 heterocycles. The van der Waals surface area contributed by atoms with Gasteiger partial charge in [-0.3, -0.25) is 9.59 Å². The number of rotatable bonds is 4. The van der Waals surface area contributed by atoms with Gasteiger partial charge in [0.15, 0.2) is 0 Å². The molecule has 0 bridgehead atoms. The minimum atomic E-state index is -0.260. The Morgan fingerprint density at radius 1 is 1.45 bits per heavy atom. The minimum absolute atomic E-state index is 0.0214. The number of hydrogen-bond donors (Lipinski definition) is 2. The second kappa shape index (κ2) is 6.19. The number of carbonyl (C=O) groups is 1. The van der Waals surface area contributed by atoms with E-state index in [9.17, 15) is 9.59 Å². The summed E-state index contributed by atoms with van der Waals surface area (Å²) in [6.07, 6.45) is 0.0214. The third-order valence-corrected chi connectivity index (χ3v) is 4.00. The third kappa shape index (κ3) is 3.68. The molecule has 106 valence electrons. The maximum Gasteiger partial charge on any atom is 0.254 e. The van der Waals surface area contributed by atoms with Crippen LogP contribution in [0.25, 0.3) is 0 Å². The molecule has 0 saturated heterocycles. The van der Waals surface area contributed by atoms with E-state index >= 15 is 0 Å². The quantitative estimate of drug-likeness (QED) is 0.906. The fourth-order valence-electron chi connectivity index (χ4n) is 1.81. The number of aryl methyl sites for hydroxylation is 2. The number of aromatic amines is 1. The molecule has 0 aromatic carbocycles. The Bertz CT molecular complexity index is 693. The molecule has 0 unspecified atom stereocenters. The summed E-state index contributed by atoms with van der Waals surface area (Å²) in [5.74, 6) is 0.332. The van der Waals surface area contributed by atoms with E-state index in [-0.39, 0.29) is 17.9 Å². The number of halogens is 1. The molecule has 2 N–H and O–H groups in total. The lowest BCUT2D eigenvalue weighted by Gasteiger charge is -2.06. The summed E-state index contributed by atoms with van der Waals surface area (Å²) in [7, 11) is 0. The first kappa shape index (κ1) is 14.7. The van der Waals surface area contributed by atoms with E-state index in [1.807, 2.05) is 6.07 Å². The molecule has 0 aliphatic rings. The normalized spacial score (nSPS) is 10.6. The standard InChI is InChI=1S/C13H14ClN3O2S/c1-7-10(13(19)17-8(2)16-7)5-12(18)15-6-9-3-4-11(14)20-9/h3-4H,5-6H2,1-2H3,(H,15,18)(H,16,17,19). The van der Waals surface area contributed by atoms with E-state index in [4.69, 9.17) is 11.6 Å². The van der Waals surface area contributed by atoms with Gasteiger partial charge in [-0.25, -0.2) is 4.98 Å². The molecule has 1 amide bonds. The highest BCUT2D eigenvalue weighted by molar-refractivity contribution is 7.16. The first-order valence-corrected chi connectivity index (χ1v) is 7.22. The molecule has 0 saturated carbocycles. The summed E-state index contributed by atoms with van der Waals surface area (Å²) in [4.78, 5) is 31.4. The van der Waals surface area contributed by atoms with Crippen LogP contribution in [0.5, 0.6) is 0 Å². The van der Waals surface area contributed by atoms with E-state index in [1.54, 1.807) is 19.9 Å². The van der Waals surface area contributed by atoms with Gasteiger partial charge in [-0.15, -0.1) is 11.3 Å². The average molecular weight is 312 g/mol. The largest absolute Gasteiger partial charge is 0.351 e. The first-order valence-electron chi connectivity index (χ1n) is 6.03. The van der Waals surface area contributed by atoms with Crippen LogP contribution in [0, 0.1) is 13.8 Å². The van der Waals surface area contributed by atoms with E-state index in [2.05, 4.69) is 15.3 Å². The highest BCUT2D eigenvalue weighted by Gasteiger charge is 2.11. The van der Waals surface area contributed by atoms with E-state index < -0.39 is 0 Å². The van der Waals surface area contributed by atoms with Gasteiger partial charge in [0.25, 0.3) is 5.56 Å². The van der Waals surface area contributed by atoms with Crippen molar-refractivity contribution in [2.24, 2.45) is 0 Å². The first-order chi connectivity index (χ1) is 9.45. The van der Waals surface area contributed by atoms with Crippen molar-refractivity contribution in [3.05, 3.63) is 48.8 Å². The molecule has 2 aromatic rings. The van der Waals surface area contributed by atoms with Crippen LogP contribution >= 0.6 is 22.9 Å². The van der Waals surface area contributed by atoms with Gasteiger partial charge in [-0.2, -0.15) is 0 Å². The Balaban J connectivity index is 2.00. The molecule has 0 spiro atoms. The molecule has 7 heteroatoms. The summed E-state index contributed by atoms with van der Waals surface area (Å²) in [5.41, 5.74) is 0.724. The zero-order valence-corrected chi connectivity index (χ0v) is 12.7. The van der Waals surface area contributed by atoms with Crippen molar-refractivity contribution < 1.29 is 4.79 Å². The van der Waals surface area contributed by atoms with Crippen LogP contribution in [-0.4, -0.2) is 15.9 Å². The van der Waals surface area contributed by atoms with Gasteiger partial charge < -0.3 is 10.3 Å². The smallest absolute Gasteiger partial charge is 0.254 e. The van der Waals surface area contributed by atoms with E-state index in [0.29, 0.717) is 28.0 Å². The predicted molar refractivity (Wildman–Crippen MR) is 79.2 cm³/mol. The number of nitrogens with one attached hydrogen (secondary N) is 2. The molecule has 0 aliphatic heterocycles. The third-order valence-electron chi connectivity index (χ3n) is 2.77. The zero-order valence-electron chi connectivity index (χ0n) is 11.1. The Labute approximate surface area is 125 Å². The van der Waals surface area contributed by atoms with Gasteiger partial charge in [-0.1, -0.05) is 11.6 Å². The molecule has 0 atom stereocenters. The van der Waals surface area contributed by atoms with Crippen LogP contribution < -0.4 is 10.9 Å². The molecule has 2 rings (SSSR count). The van der Waals surface area contributed by atoms with Crippen LogP contribution in [0.15, 0.2) is 16.9 Å². The van der Waals surface area contributed by atoms with E-state index in [1.165, 1.54) is 11.3 Å². The summed E-state index contributed by atoms with van der Waals surface area (Å²) in [6, 6.07) is 3.64. The van der Waals surface area contributed by atoms with E-state index in [0.717, 1.165) is 4.88 Å². The lowest BCUT2D eigenvalue weighted by molar-refractivity contribution is -0.120. The maximum absolute atomic E-state index is 11.9. The molecule has 0 radical (unpaired) electrons. The van der Waals surface area contributed by atoms with Crippen LogP contribution in [0.2, 0.25) is 4.34 Å². The van der Waals surface area contributed by atoms with Crippen molar-refractivity contribution in [3.63, 3.8) is 0 Å². The summed E-state index contributed by atoms with van der Waals surface area (Å²) in [5, 5.41) is 2.76. The van der Waals surface area contributed by atoms with Crippen molar-refractivity contribution in [3.8, 4) is 0 Å². The number of aromatic nitrogens is 2. The highest BCUT2D eigenvalue weighted by atomic mass is 35.5. The van der Waals surface area contributed by atoms with Crippen LogP contribution in [0.4, 0.5) is 0 Å². The SMILES string of the molecule is Cc1nc(C)c(CC(=O)NCc2ccc(Cl)s2)c(=O)[nH]1. The summed E-state index contributed by atoms with van der Waals surface area (Å²) in [6.45, 7) is 3.84. The topological polar surface area (TPSA) is 74.8 Å². The number of amides is 1. The highest BCUT2D eigenvalue weighted by Crippen LogP contribution is 2.20. The second-order valence-corrected chi connectivity index (χ2v) is 6.17. The number of carbonyl (C=O) groups excluding carboxylic acids is 1. The molecule has 20 heavy (non-hydrogen) atoms. The van der Waals surface area contributed by atoms with Crippen molar-refractivity contribution in [2.45, 2.75) is 26.8 Å². The van der Waals surface area contributed by atoms with Crippen molar-refractivity contribution >= 4 is 28.8 Å². The minimum Gasteiger partial charge on any atom is -0.351 e. The predicted octanol–water partition coefficient (Wildman–Crippen LogP) is 1.96. The molecule has 5 nitrogen and oxygen atoms in total. The van der Waals surface area contributed by atoms with Gasteiger partial charge in [-0.05, 0) is 26.0 Å². The second-order valence-electron chi connectivity index (χ2n) is 4.37. The number of thiophene rings is 1. The summed E-state index contributed by atoms with van der Waals surface area (Å²) >= 11 is 7.23. The van der Waals surface area contributed by atoms with Gasteiger partial charge >= 0.3 is 0 Å². The zero-order chi connectivity index (χ0) is 14.7. The lowest BCUT2D eigenvalue weighted by Crippen LogP contribution is -2.28. The molecular formula is C13H14ClN3O2S. The fraction of sp³-hybridized carbons (Fsp3) is 0.308. The maximum atomic E-state index is 11.9. The monoisotopic (exact) mass is 311 g/mol. The van der Waals surface area contributed by atoms with Crippen molar-refractivity contribution in [1.82, 2.24) is 15.3 Å². The lowest BCUT2D eigenvalue weighted by atomic mass is 10.1.